The topological polar surface area (TPSA) is 47.6 Å². The molecule has 0 saturated carbocycles. The highest BCUT2D eigenvalue weighted by Crippen LogP contribution is 2.26. The Morgan fingerprint density at radius 2 is 2.20 bits per heavy atom. The van der Waals surface area contributed by atoms with Crippen molar-refractivity contribution in [1.29, 1.82) is 0 Å². The summed E-state index contributed by atoms with van der Waals surface area (Å²) in [7, 11) is 1.56. The molecule has 0 radical (unpaired) electrons. The zero-order valence-electron chi connectivity index (χ0n) is 8.53. The molecule has 15 heavy (non-hydrogen) atoms. The van der Waals surface area contributed by atoms with E-state index < -0.39 is 0 Å². The molecule has 0 bridgehead atoms. The number of ether oxygens (including phenoxy) is 2. The summed E-state index contributed by atoms with van der Waals surface area (Å²) in [6.45, 7) is 1.76. The first-order valence-corrected chi connectivity index (χ1v) is 4.53. The predicted octanol–water partition coefficient (Wildman–Crippen LogP) is 1.68. The van der Waals surface area contributed by atoms with E-state index in [1.165, 1.54) is 6.26 Å². The molecule has 1 aliphatic heterocycles. The fourth-order valence-electron chi connectivity index (χ4n) is 1.34. The summed E-state index contributed by atoms with van der Waals surface area (Å²) in [4.78, 5) is 11.7. The molecule has 1 heterocycles. The molecular weight excluding hydrogens is 194 g/mol. The van der Waals surface area contributed by atoms with E-state index >= 15 is 0 Å². The monoisotopic (exact) mass is 205 g/mol. The summed E-state index contributed by atoms with van der Waals surface area (Å²) in [6, 6.07) is 5.11. The van der Waals surface area contributed by atoms with Crippen LogP contribution in [-0.2, 0) is 0 Å². The van der Waals surface area contributed by atoms with Crippen molar-refractivity contribution in [3.8, 4) is 11.5 Å². The van der Waals surface area contributed by atoms with Crippen molar-refractivity contribution < 1.29 is 14.3 Å². The van der Waals surface area contributed by atoms with Gasteiger partial charge in [0.1, 0.15) is 17.8 Å². The molecule has 0 aromatic heterocycles. The number of allylic oxidation sites excluding steroid dienone is 1. The number of hydrogen-bond donors (Lipinski definition) is 1. The lowest BCUT2D eigenvalue weighted by atomic mass is 10.2. The third-order valence-corrected chi connectivity index (χ3v) is 2.10. The minimum absolute atomic E-state index is 0.185. The van der Waals surface area contributed by atoms with Crippen LogP contribution >= 0.6 is 0 Å². The fourth-order valence-corrected chi connectivity index (χ4v) is 1.34. The second kappa shape index (κ2) is 3.65. The van der Waals surface area contributed by atoms with Crippen molar-refractivity contribution in [2.45, 2.75) is 6.92 Å². The Labute approximate surface area is 87.5 Å². The Morgan fingerprint density at radius 1 is 1.40 bits per heavy atom. The Kier molecular flexibility index (Phi) is 2.33. The maximum absolute atomic E-state index is 11.7. The summed E-state index contributed by atoms with van der Waals surface area (Å²) in [5.74, 6) is 0.979. The summed E-state index contributed by atoms with van der Waals surface area (Å²) >= 11 is 0. The molecule has 1 aromatic rings. The summed E-state index contributed by atoms with van der Waals surface area (Å²) in [5.41, 5.74) is 1.15. The number of carbonyl (C=O) groups excluding carboxylic acids is 1. The molecule has 4 nitrogen and oxygen atoms in total. The van der Waals surface area contributed by atoms with Gasteiger partial charge in [0, 0.05) is 0 Å². The van der Waals surface area contributed by atoms with Gasteiger partial charge in [0.25, 0.3) is 5.91 Å². The van der Waals surface area contributed by atoms with Gasteiger partial charge in [-0.1, -0.05) is 0 Å². The number of benzene rings is 1. The lowest BCUT2D eigenvalue weighted by molar-refractivity contribution is 0.0966. The van der Waals surface area contributed by atoms with Gasteiger partial charge < -0.3 is 14.8 Å². The van der Waals surface area contributed by atoms with Crippen LogP contribution in [0.25, 0.3) is 0 Å². The number of methoxy groups -OCH3 is 1. The lowest BCUT2D eigenvalue weighted by Crippen LogP contribution is -2.19. The third-order valence-electron chi connectivity index (χ3n) is 2.10. The van der Waals surface area contributed by atoms with Crippen molar-refractivity contribution in [2.24, 2.45) is 0 Å². The van der Waals surface area contributed by atoms with Gasteiger partial charge in [0.05, 0.1) is 18.4 Å². The fraction of sp³-hybridized carbons (Fsp3) is 0.182. The standard InChI is InChI=1S/C11H11NO3/c1-7-6-15-10-4-3-8(14-2)5-9(10)11(13)12-7/h3-6H,1-2H3,(H,12,13). The molecule has 1 N–H and O–H groups in total. The first-order chi connectivity index (χ1) is 7.20. The van der Waals surface area contributed by atoms with Crippen molar-refractivity contribution in [3.63, 3.8) is 0 Å². The van der Waals surface area contributed by atoms with Crippen molar-refractivity contribution in [2.75, 3.05) is 7.11 Å². The van der Waals surface area contributed by atoms with Gasteiger partial charge in [-0.25, -0.2) is 0 Å². The zero-order valence-corrected chi connectivity index (χ0v) is 8.53. The van der Waals surface area contributed by atoms with Crippen LogP contribution in [0, 0.1) is 0 Å². The van der Waals surface area contributed by atoms with Gasteiger partial charge in [0.15, 0.2) is 0 Å². The van der Waals surface area contributed by atoms with Gasteiger partial charge in [-0.3, -0.25) is 4.79 Å². The van der Waals surface area contributed by atoms with Crippen LogP contribution in [0.15, 0.2) is 30.2 Å². The van der Waals surface area contributed by atoms with Crippen LogP contribution < -0.4 is 14.8 Å². The van der Waals surface area contributed by atoms with Crippen LogP contribution in [0.2, 0.25) is 0 Å². The summed E-state index contributed by atoms with van der Waals surface area (Å²) < 4.78 is 10.4. The zero-order chi connectivity index (χ0) is 10.8. The highest BCUT2D eigenvalue weighted by molar-refractivity contribution is 5.98. The van der Waals surface area contributed by atoms with Crippen LogP contribution in [0.5, 0.6) is 11.5 Å². The molecule has 0 spiro atoms. The highest BCUT2D eigenvalue weighted by atomic mass is 16.5. The first kappa shape index (κ1) is 9.58. The Balaban J connectivity index is 2.46. The molecule has 1 amide bonds. The summed E-state index contributed by atoms with van der Waals surface area (Å²) in [5, 5.41) is 2.69. The van der Waals surface area contributed by atoms with E-state index in [-0.39, 0.29) is 5.91 Å². The van der Waals surface area contributed by atoms with E-state index in [4.69, 9.17) is 9.47 Å². The Bertz CT molecular complexity index is 437. The van der Waals surface area contributed by atoms with Crippen molar-refractivity contribution >= 4 is 5.91 Å². The van der Waals surface area contributed by atoms with Crippen LogP contribution in [-0.4, -0.2) is 13.0 Å². The molecule has 1 aliphatic rings. The Morgan fingerprint density at radius 3 is 2.93 bits per heavy atom. The first-order valence-electron chi connectivity index (χ1n) is 4.53. The predicted molar refractivity (Wildman–Crippen MR) is 54.8 cm³/mol. The van der Waals surface area contributed by atoms with Crippen LogP contribution in [0.3, 0.4) is 0 Å². The third kappa shape index (κ3) is 1.79. The van der Waals surface area contributed by atoms with Crippen molar-refractivity contribution in [3.05, 3.63) is 35.7 Å². The quantitative estimate of drug-likeness (QED) is 0.758. The SMILES string of the molecule is COc1ccc2c(c1)C(=O)NC(C)=CO2. The number of amides is 1. The molecule has 0 fully saturated rings. The second-order valence-corrected chi connectivity index (χ2v) is 3.23. The van der Waals surface area contributed by atoms with Crippen molar-refractivity contribution in [1.82, 2.24) is 5.32 Å². The minimum Gasteiger partial charge on any atom is -0.497 e. The average molecular weight is 205 g/mol. The van der Waals surface area contributed by atoms with Gasteiger partial charge in [-0.2, -0.15) is 0 Å². The number of fused-ring (bicyclic) bond motifs is 1. The number of nitrogens with one attached hydrogen (secondary N) is 1. The molecule has 78 valence electrons. The molecular formula is C11H11NO3. The number of hydrogen-bond acceptors (Lipinski definition) is 3. The molecule has 0 atom stereocenters. The maximum atomic E-state index is 11.7. The number of rotatable bonds is 1. The molecule has 0 aliphatic carbocycles. The molecule has 0 unspecified atom stereocenters. The molecule has 2 rings (SSSR count). The number of carbonyl (C=O) groups is 1. The second-order valence-electron chi connectivity index (χ2n) is 3.23. The van der Waals surface area contributed by atoms with Gasteiger partial charge in [-0.05, 0) is 25.1 Å². The highest BCUT2D eigenvalue weighted by Gasteiger charge is 2.16. The van der Waals surface area contributed by atoms with Crippen LogP contribution in [0.4, 0.5) is 0 Å². The largest absolute Gasteiger partial charge is 0.497 e. The molecule has 1 aromatic carbocycles. The van der Waals surface area contributed by atoms with E-state index in [0.29, 0.717) is 22.8 Å². The van der Waals surface area contributed by atoms with Gasteiger partial charge >= 0.3 is 0 Å². The normalized spacial score (nSPS) is 14.3. The van der Waals surface area contributed by atoms with Gasteiger partial charge in [0.2, 0.25) is 0 Å². The van der Waals surface area contributed by atoms with E-state index in [1.807, 2.05) is 0 Å². The minimum atomic E-state index is -0.185. The molecule has 4 heteroatoms. The Hall–Kier alpha value is -1.97. The van der Waals surface area contributed by atoms with E-state index in [2.05, 4.69) is 5.32 Å². The van der Waals surface area contributed by atoms with Crippen LogP contribution in [0.1, 0.15) is 17.3 Å². The maximum Gasteiger partial charge on any atom is 0.259 e. The lowest BCUT2D eigenvalue weighted by Gasteiger charge is -2.06. The van der Waals surface area contributed by atoms with E-state index in [1.54, 1.807) is 32.2 Å². The van der Waals surface area contributed by atoms with Gasteiger partial charge in [-0.15, -0.1) is 0 Å². The van der Waals surface area contributed by atoms with E-state index in [9.17, 15) is 4.79 Å². The summed E-state index contributed by atoms with van der Waals surface area (Å²) in [6.07, 6.45) is 1.51. The average Bonchev–Trinajstić information content (AvgIpc) is 2.38. The molecule has 0 saturated heterocycles. The smallest absolute Gasteiger partial charge is 0.259 e. The van der Waals surface area contributed by atoms with E-state index in [0.717, 1.165) is 0 Å².